The molecule has 12 nitrogen and oxygen atoms in total. The van der Waals surface area contributed by atoms with E-state index in [0.717, 1.165) is 12.1 Å². The summed E-state index contributed by atoms with van der Waals surface area (Å²) in [4.78, 5) is 27.4. The zero-order valence-electron chi connectivity index (χ0n) is 20.3. The zero-order valence-corrected chi connectivity index (χ0v) is 20.3. The number of carbonyl (C=O) groups excluding carboxylic acids is 1. The molecule has 0 spiro atoms. The second-order valence-electron chi connectivity index (χ2n) is 7.46. The minimum Gasteiger partial charge on any atom is -0.493 e. The largest absolute Gasteiger partial charge is 0.493 e. The van der Waals surface area contributed by atoms with Crippen LogP contribution < -0.4 is 23.7 Å². The summed E-state index contributed by atoms with van der Waals surface area (Å²) in [6, 6.07) is 4.80. The molecule has 12 heteroatoms. The van der Waals surface area contributed by atoms with Crippen LogP contribution in [0.2, 0.25) is 0 Å². The van der Waals surface area contributed by atoms with Crippen molar-refractivity contribution in [3.05, 3.63) is 40.5 Å². The number of ketones is 1. The quantitative estimate of drug-likeness (QED) is 0.443. The molecule has 1 heterocycles. The van der Waals surface area contributed by atoms with Crippen molar-refractivity contribution >= 4 is 11.8 Å². The summed E-state index contributed by atoms with van der Waals surface area (Å²) in [5.41, 5.74) is 1.28. The van der Waals surface area contributed by atoms with Gasteiger partial charge in [-0.1, -0.05) is 0 Å². The summed E-state index contributed by atoms with van der Waals surface area (Å²) >= 11 is 0. The Morgan fingerprint density at radius 2 is 1.66 bits per heavy atom. The van der Waals surface area contributed by atoms with E-state index in [-0.39, 0.29) is 52.3 Å². The summed E-state index contributed by atoms with van der Waals surface area (Å²) < 4.78 is 27.1. The van der Waals surface area contributed by atoms with E-state index >= 15 is 0 Å². The smallest absolute Gasteiger partial charge is 0.340 e. The molecule has 0 aliphatic carbocycles. The Kier molecular flexibility index (Phi) is 12.0. The fraction of sp³-hybridized carbons (Fsp3) is 0.391. The van der Waals surface area contributed by atoms with Crippen molar-refractivity contribution in [2.24, 2.45) is 0 Å². The number of Topliss-reactive ketones (excluding diaryl/α,β-unsaturated/α-hetero) is 1. The van der Waals surface area contributed by atoms with Crippen molar-refractivity contribution in [2.45, 2.75) is 12.8 Å². The normalized spacial score (nSPS) is 11.0. The van der Waals surface area contributed by atoms with Crippen LogP contribution in [-0.4, -0.2) is 86.9 Å². The molecule has 0 saturated carbocycles. The van der Waals surface area contributed by atoms with E-state index in [1.807, 2.05) is 25.1 Å². The van der Waals surface area contributed by atoms with Crippen LogP contribution in [0.1, 0.15) is 31.8 Å². The van der Waals surface area contributed by atoms with Crippen molar-refractivity contribution in [1.29, 1.82) is 0 Å². The van der Waals surface area contributed by atoms with E-state index in [4.69, 9.17) is 23.7 Å². The lowest BCUT2D eigenvalue weighted by Gasteiger charge is -2.18. The first-order chi connectivity index (χ1) is 15.3. The third kappa shape index (κ3) is 6.31. The topological polar surface area (TPSA) is 198 Å². The molecule has 3 rings (SSSR count). The van der Waals surface area contributed by atoms with Gasteiger partial charge in [-0.3, -0.25) is 4.79 Å². The van der Waals surface area contributed by atoms with Crippen molar-refractivity contribution in [3.63, 3.8) is 0 Å². The molecule has 35 heavy (non-hydrogen) atoms. The molecule has 7 N–H and O–H groups in total. The van der Waals surface area contributed by atoms with Gasteiger partial charge in [-0.15, -0.1) is 0 Å². The Morgan fingerprint density at radius 1 is 1.00 bits per heavy atom. The molecule has 0 aromatic heterocycles. The Labute approximate surface area is 202 Å². The van der Waals surface area contributed by atoms with Gasteiger partial charge < -0.3 is 50.1 Å². The summed E-state index contributed by atoms with van der Waals surface area (Å²) in [6.45, 7) is 0.801. The SMILES string of the molecule is COc1ccc(C(=O)Cc2c(CCN(C)C)cc3c(c2OC)OCO3)c(C(=O)O)c1OC.O.O.O. The number of benzene rings is 2. The molecule has 0 atom stereocenters. The van der Waals surface area contributed by atoms with Crippen LogP contribution in [0.3, 0.4) is 0 Å². The van der Waals surface area contributed by atoms with E-state index in [2.05, 4.69) is 0 Å². The number of ether oxygens (including phenoxy) is 5. The minimum absolute atomic E-state index is 0. The van der Waals surface area contributed by atoms with Crippen molar-refractivity contribution in [2.75, 3.05) is 48.8 Å². The van der Waals surface area contributed by atoms with Crippen LogP contribution in [0, 0.1) is 0 Å². The first-order valence-electron chi connectivity index (χ1n) is 9.96. The highest BCUT2D eigenvalue weighted by atomic mass is 16.7. The lowest BCUT2D eigenvalue weighted by atomic mass is 9.92. The van der Waals surface area contributed by atoms with Gasteiger partial charge in [0.1, 0.15) is 5.56 Å². The molecular weight excluding hydrogens is 466 g/mol. The van der Waals surface area contributed by atoms with Gasteiger partial charge in [0.15, 0.2) is 28.8 Å². The van der Waals surface area contributed by atoms with E-state index in [1.54, 1.807) is 0 Å². The minimum atomic E-state index is -1.28. The van der Waals surface area contributed by atoms with Crippen molar-refractivity contribution in [1.82, 2.24) is 4.90 Å². The summed E-state index contributed by atoms with van der Waals surface area (Å²) in [7, 11) is 8.15. The van der Waals surface area contributed by atoms with Crippen LogP contribution in [0.15, 0.2) is 18.2 Å². The molecule has 0 fully saturated rings. The van der Waals surface area contributed by atoms with Crippen LogP contribution >= 0.6 is 0 Å². The van der Waals surface area contributed by atoms with Gasteiger partial charge in [-0.05, 0) is 44.3 Å². The van der Waals surface area contributed by atoms with Crippen molar-refractivity contribution in [3.8, 4) is 28.7 Å². The van der Waals surface area contributed by atoms with Gasteiger partial charge in [0.2, 0.25) is 12.5 Å². The molecule has 0 unspecified atom stereocenters. The van der Waals surface area contributed by atoms with E-state index in [0.29, 0.717) is 29.2 Å². The molecule has 0 radical (unpaired) electrons. The number of hydrogen-bond acceptors (Lipinski definition) is 8. The second kappa shape index (κ2) is 13.3. The highest BCUT2D eigenvalue weighted by Crippen LogP contribution is 2.46. The number of fused-ring (bicyclic) bond motifs is 1. The molecule has 1 aliphatic heterocycles. The number of carboxylic acid groups (broad SMARTS) is 1. The molecular formula is C23H33NO11. The van der Waals surface area contributed by atoms with Crippen LogP contribution in [0.5, 0.6) is 28.7 Å². The van der Waals surface area contributed by atoms with Crippen LogP contribution in [0.4, 0.5) is 0 Å². The maximum absolute atomic E-state index is 13.4. The molecule has 0 bridgehead atoms. The lowest BCUT2D eigenvalue weighted by Crippen LogP contribution is -2.18. The summed E-state index contributed by atoms with van der Waals surface area (Å²) in [6.07, 6.45) is 0.554. The zero-order chi connectivity index (χ0) is 23.4. The molecule has 1 aliphatic rings. The van der Waals surface area contributed by atoms with E-state index in [1.165, 1.54) is 33.5 Å². The first-order valence-corrected chi connectivity index (χ1v) is 9.96. The van der Waals surface area contributed by atoms with Crippen molar-refractivity contribution < 1.29 is 54.8 Å². The fourth-order valence-electron chi connectivity index (χ4n) is 3.71. The Hall–Kier alpha value is -3.58. The highest BCUT2D eigenvalue weighted by molar-refractivity contribution is 6.09. The number of aromatic carboxylic acids is 1. The van der Waals surface area contributed by atoms with Gasteiger partial charge >= 0.3 is 5.97 Å². The van der Waals surface area contributed by atoms with Crippen LogP contribution in [-0.2, 0) is 12.8 Å². The number of rotatable bonds is 10. The number of methoxy groups -OCH3 is 3. The molecule has 2 aromatic carbocycles. The summed E-state index contributed by atoms with van der Waals surface area (Å²) in [5, 5.41) is 9.79. The average Bonchev–Trinajstić information content (AvgIpc) is 3.24. The number of carboxylic acids is 1. The predicted molar refractivity (Wildman–Crippen MR) is 127 cm³/mol. The van der Waals surface area contributed by atoms with Gasteiger partial charge in [-0.2, -0.15) is 0 Å². The maximum Gasteiger partial charge on any atom is 0.340 e. The molecule has 196 valence electrons. The molecule has 0 saturated heterocycles. The Morgan fingerprint density at radius 3 is 2.20 bits per heavy atom. The van der Waals surface area contributed by atoms with E-state index < -0.39 is 11.8 Å². The second-order valence-corrected chi connectivity index (χ2v) is 7.46. The first kappa shape index (κ1) is 31.4. The number of hydrogen-bond donors (Lipinski definition) is 1. The monoisotopic (exact) mass is 499 g/mol. The fourth-order valence-corrected chi connectivity index (χ4v) is 3.71. The molecule has 2 aromatic rings. The van der Waals surface area contributed by atoms with Gasteiger partial charge in [0.25, 0.3) is 0 Å². The maximum atomic E-state index is 13.4. The standard InChI is InChI=1S/C23H27NO8.3H2O/c1-24(2)9-8-13-10-18-22(32-12-31-18)20(29-4)15(13)11-16(25)14-6-7-17(28-3)21(30-5)19(14)23(26)27;;;/h6-7,10H,8-9,11-12H2,1-5H3,(H,26,27);3*1H2. The average molecular weight is 500 g/mol. The molecule has 0 amide bonds. The van der Waals surface area contributed by atoms with E-state index in [9.17, 15) is 14.7 Å². The van der Waals surface area contributed by atoms with Crippen LogP contribution in [0.25, 0.3) is 0 Å². The van der Waals surface area contributed by atoms with Gasteiger partial charge in [0, 0.05) is 24.1 Å². The number of nitrogens with zero attached hydrogens (tertiary/aromatic N) is 1. The summed E-state index contributed by atoms with van der Waals surface area (Å²) in [5.74, 6) is -0.0374. The predicted octanol–water partition coefficient (Wildman–Crippen LogP) is 0.195. The third-order valence-electron chi connectivity index (χ3n) is 5.24. The number of carbonyl (C=O) groups is 2. The lowest BCUT2D eigenvalue weighted by molar-refractivity contribution is 0.0687. The number of likely N-dealkylation sites (N-methyl/N-ethyl adjacent to an activating group) is 1. The van der Waals surface area contributed by atoms with Gasteiger partial charge in [0.05, 0.1) is 21.3 Å². The third-order valence-corrected chi connectivity index (χ3v) is 5.24. The Bertz CT molecular complexity index is 1040. The van der Waals surface area contributed by atoms with Gasteiger partial charge in [-0.25, -0.2) is 4.79 Å². The Balaban J connectivity index is 0.00000385. The highest BCUT2D eigenvalue weighted by Gasteiger charge is 2.29.